The van der Waals surface area contributed by atoms with Crippen molar-refractivity contribution in [3.05, 3.63) is 42.9 Å². The number of benzene rings is 1. The third-order valence-electron chi connectivity index (χ3n) is 5.47. The average molecular weight is 426 g/mol. The minimum atomic E-state index is -3.23. The Kier molecular flexibility index (Phi) is 4.52. The molecule has 0 unspecified atom stereocenters. The van der Waals surface area contributed by atoms with E-state index in [1.807, 2.05) is 36.5 Å². The second kappa shape index (κ2) is 7.10. The predicted molar refractivity (Wildman–Crippen MR) is 117 cm³/mol. The molecular formula is C21H23N5O3S. The number of ether oxygens (including phenoxy) is 1. The van der Waals surface area contributed by atoms with Gasteiger partial charge in [-0.3, -0.25) is 0 Å². The van der Waals surface area contributed by atoms with Gasteiger partial charge in [0.1, 0.15) is 11.4 Å². The van der Waals surface area contributed by atoms with Crippen molar-refractivity contribution in [2.45, 2.75) is 18.8 Å². The zero-order valence-corrected chi connectivity index (χ0v) is 17.7. The van der Waals surface area contributed by atoms with Gasteiger partial charge in [0, 0.05) is 35.5 Å². The van der Waals surface area contributed by atoms with E-state index in [1.54, 1.807) is 10.9 Å². The number of morpholine rings is 1. The van der Waals surface area contributed by atoms with E-state index in [1.165, 1.54) is 6.26 Å². The lowest BCUT2D eigenvalue weighted by Gasteiger charge is -2.34. The van der Waals surface area contributed by atoms with Gasteiger partial charge in [0.15, 0.2) is 15.7 Å². The molecule has 0 radical (unpaired) electrons. The summed E-state index contributed by atoms with van der Waals surface area (Å²) in [7, 11) is -3.23. The van der Waals surface area contributed by atoms with Gasteiger partial charge in [0.05, 0.1) is 36.8 Å². The van der Waals surface area contributed by atoms with Gasteiger partial charge < -0.3 is 19.2 Å². The summed E-state index contributed by atoms with van der Waals surface area (Å²) in [5.74, 6) is 0.637. The van der Waals surface area contributed by atoms with Gasteiger partial charge in [-0.2, -0.15) is 0 Å². The number of imidazole rings is 1. The lowest BCUT2D eigenvalue weighted by atomic mass is 10.1. The molecule has 1 N–H and O–H groups in total. The van der Waals surface area contributed by atoms with Crippen LogP contribution in [0.5, 0.6) is 0 Å². The lowest BCUT2D eigenvalue weighted by Crippen LogP contribution is -2.44. The molecule has 1 atom stereocenters. The van der Waals surface area contributed by atoms with Crippen molar-refractivity contribution >= 4 is 37.6 Å². The zero-order chi connectivity index (χ0) is 20.9. The minimum absolute atomic E-state index is 0.126. The maximum Gasteiger partial charge on any atom is 0.165 e. The molecule has 1 aliphatic rings. The molecule has 4 aromatic rings. The van der Waals surface area contributed by atoms with Crippen LogP contribution in [-0.2, 0) is 20.5 Å². The molecule has 9 heteroatoms. The van der Waals surface area contributed by atoms with E-state index in [4.69, 9.17) is 9.72 Å². The van der Waals surface area contributed by atoms with Crippen LogP contribution >= 0.6 is 0 Å². The SMILES string of the molecule is C[C@@H]1COCCN1c1nc(-c2cccc3[nH]ccc23)cc2c1ncn2CS(C)(=O)=O. The molecule has 1 saturated heterocycles. The molecule has 0 spiro atoms. The summed E-state index contributed by atoms with van der Waals surface area (Å²) in [6.07, 6.45) is 4.72. The molecule has 5 rings (SSSR count). The first kappa shape index (κ1) is 19.1. The number of H-pyrrole nitrogens is 1. The van der Waals surface area contributed by atoms with E-state index in [0.717, 1.165) is 33.5 Å². The predicted octanol–water partition coefficient (Wildman–Crippen LogP) is 2.81. The Morgan fingerprint density at radius 1 is 1.30 bits per heavy atom. The number of anilines is 1. The van der Waals surface area contributed by atoms with Crippen LogP contribution in [0.15, 0.2) is 42.9 Å². The van der Waals surface area contributed by atoms with Crippen molar-refractivity contribution < 1.29 is 13.2 Å². The first-order valence-corrected chi connectivity index (χ1v) is 11.9. The first-order chi connectivity index (χ1) is 14.4. The van der Waals surface area contributed by atoms with Crippen LogP contribution in [-0.4, -0.2) is 60.0 Å². The summed E-state index contributed by atoms with van der Waals surface area (Å²) in [6, 6.07) is 10.2. The van der Waals surface area contributed by atoms with E-state index in [9.17, 15) is 8.42 Å². The van der Waals surface area contributed by atoms with Crippen molar-refractivity contribution in [1.82, 2.24) is 19.5 Å². The first-order valence-electron chi connectivity index (χ1n) is 9.85. The van der Waals surface area contributed by atoms with E-state index < -0.39 is 9.84 Å². The van der Waals surface area contributed by atoms with Crippen LogP contribution in [0.25, 0.3) is 33.2 Å². The highest BCUT2D eigenvalue weighted by atomic mass is 32.2. The van der Waals surface area contributed by atoms with Gasteiger partial charge in [-0.05, 0) is 25.1 Å². The second-order valence-corrected chi connectivity index (χ2v) is 9.94. The van der Waals surface area contributed by atoms with Gasteiger partial charge in [-0.25, -0.2) is 18.4 Å². The molecule has 156 valence electrons. The molecule has 3 aromatic heterocycles. The number of fused-ring (bicyclic) bond motifs is 2. The Morgan fingerprint density at radius 3 is 2.97 bits per heavy atom. The fraction of sp³-hybridized carbons (Fsp3) is 0.333. The van der Waals surface area contributed by atoms with E-state index in [2.05, 4.69) is 21.8 Å². The number of hydrogen-bond donors (Lipinski definition) is 1. The Labute approximate surface area is 174 Å². The summed E-state index contributed by atoms with van der Waals surface area (Å²) in [5, 5.41) is 1.07. The van der Waals surface area contributed by atoms with E-state index >= 15 is 0 Å². The van der Waals surface area contributed by atoms with Crippen LogP contribution in [0.3, 0.4) is 0 Å². The summed E-state index contributed by atoms with van der Waals surface area (Å²) in [6.45, 7) is 4.04. The van der Waals surface area contributed by atoms with Crippen molar-refractivity contribution in [3.8, 4) is 11.3 Å². The highest BCUT2D eigenvalue weighted by Gasteiger charge is 2.25. The maximum atomic E-state index is 12.0. The van der Waals surface area contributed by atoms with Gasteiger partial charge in [-0.1, -0.05) is 12.1 Å². The molecule has 8 nitrogen and oxygen atoms in total. The summed E-state index contributed by atoms with van der Waals surface area (Å²) in [4.78, 5) is 15.0. The topological polar surface area (TPSA) is 93.1 Å². The number of aromatic amines is 1. The Balaban J connectivity index is 1.76. The highest BCUT2D eigenvalue weighted by molar-refractivity contribution is 7.89. The minimum Gasteiger partial charge on any atom is -0.377 e. The molecule has 30 heavy (non-hydrogen) atoms. The monoisotopic (exact) mass is 425 g/mol. The molecule has 0 saturated carbocycles. The van der Waals surface area contributed by atoms with Crippen LogP contribution < -0.4 is 4.90 Å². The number of nitrogens with one attached hydrogen (secondary N) is 1. The van der Waals surface area contributed by atoms with Gasteiger partial charge in [0.25, 0.3) is 0 Å². The molecule has 0 amide bonds. The number of hydrogen-bond acceptors (Lipinski definition) is 6. The Hall–Kier alpha value is -2.91. The number of sulfone groups is 1. The van der Waals surface area contributed by atoms with Crippen molar-refractivity contribution in [2.24, 2.45) is 0 Å². The smallest absolute Gasteiger partial charge is 0.165 e. The third-order valence-corrected chi connectivity index (χ3v) is 6.22. The largest absolute Gasteiger partial charge is 0.377 e. The number of pyridine rings is 1. The van der Waals surface area contributed by atoms with Crippen LogP contribution in [0.4, 0.5) is 5.82 Å². The Morgan fingerprint density at radius 2 is 2.17 bits per heavy atom. The summed E-state index contributed by atoms with van der Waals surface area (Å²) >= 11 is 0. The lowest BCUT2D eigenvalue weighted by molar-refractivity contribution is 0.0987. The molecule has 0 bridgehead atoms. The zero-order valence-electron chi connectivity index (χ0n) is 16.9. The molecule has 0 aliphatic carbocycles. The fourth-order valence-electron chi connectivity index (χ4n) is 4.09. The Bertz CT molecular complexity index is 1340. The third kappa shape index (κ3) is 3.33. The number of rotatable bonds is 4. The van der Waals surface area contributed by atoms with Crippen molar-refractivity contribution in [2.75, 3.05) is 30.9 Å². The number of aromatic nitrogens is 4. The van der Waals surface area contributed by atoms with Crippen molar-refractivity contribution in [1.29, 1.82) is 0 Å². The van der Waals surface area contributed by atoms with Gasteiger partial charge in [-0.15, -0.1) is 0 Å². The van der Waals surface area contributed by atoms with E-state index in [-0.39, 0.29) is 11.9 Å². The molecule has 1 aromatic carbocycles. The molecule has 4 heterocycles. The number of nitrogens with zero attached hydrogens (tertiary/aromatic N) is 4. The highest BCUT2D eigenvalue weighted by Crippen LogP contribution is 2.34. The molecule has 1 fully saturated rings. The standard InChI is InChI=1S/C21H23N5O3S/c1-14-11-29-9-8-26(14)21-20-19(25(12-23-20)13-30(2,27)28)10-18(24-21)15-4-3-5-17-16(15)6-7-22-17/h3-7,10,12,14,22H,8-9,11,13H2,1-2H3/t14-/m1/s1. The normalized spacial score (nSPS) is 17.8. The van der Waals surface area contributed by atoms with E-state index in [0.29, 0.717) is 25.3 Å². The fourth-order valence-corrected chi connectivity index (χ4v) is 4.80. The molecule has 1 aliphatic heterocycles. The van der Waals surface area contributed by atoms with Crippen LogP contribution in [0.1, 0.15) is 6.92 Å². The molecular weight excluding hydrogens is 402 g/mol. The average Bonchev–Trinajstić information content (AvgIpc) is 3.34. The van der Waals surface area contributed by atoms with Gasteiger partial charge in [0.2, 0.25) is 0 Å². The maximum absolute atomic E-state index is 12.0. The van der Waals surface area contributed by atoms with Crippen LogP contribution in [0, 0.1) is 0 Å². The summed E-state index contributed by atoms with van der Waals surface area (Å²) in [5.41, 5.74) is 4.27. The van der Waals surface area contributed by atoms with Crippen molar-refractivity contribution in [3.63, 3.8) is 0 Å². The van der Waals surface area contributed by atoms with Gasteiger partial charge >= 0.3 is 0 Å². The second-order valence-electron chi connectivity index (χ2n) is 7.83. The quantitative estimate of drug-likeness (QED) is 0.540. The summed E-state index contributed by atoms with van der Waals surface area (Å²) < 4.78 is 31.2. The van der Waals surface area contributed by atoms with Crippen LogP contribution in [0.2, 0.25) is 0 Å².